The Morgan fingerprint density at radius 3 is 2.76 bits per heavy atom. The molecule has 0 spiro atoms. The van der Waals surface area contributed by atoms with Crippen molar-refractivity contribution in [1.82, 2.24) is 4.98 Å². The van der Waals surface area contributed by atoms with Crippen molar-refractivity contribution in [3.05, 3.63) is 18.3 Å². The normalized spacial score (nSPS) is 22.1. The fourth-order valence-electron chi connectivity index (χ4n) is 2.70. The molecule has 1 aromatic heterocycles. The van der Waals surface area contributed by atoms with Gasteiger partial charge in [0.1, 0.15) is 5.69 Å². The molecule has 5 heteroatoms. The van der Waals surface area contributed by atoms with E-state index in [4.69, 9.17) is 10.5 Å². The molecular formula is C16H25N3O2. The first-order valence-electron chi connectivity index (χ1n) is 7.72. The van der Waals surface area contributed by atoms with Gasteiger partial charge < -0.3 is 15.8 Å². The molecule has 1 fully saturated rings. The highest BCUT2D eigenvalue weighted by Crippen LogP contribution is 2.30. The highest BCUT2D eigenvalue weighted by atomic mass is 16.5. The van der Waals surface area contributed by atoms with E-state index in [1.807, 2.05) is 19.9 Å². The lowest BCUT2D eigenvalue weighted by atomic mass is 9.81. The first kappa shape index (κ1) is 15.8. The molecule has 0 unspecified atom stereocenters. The average molecular weight is 291 g/mol. The Bertz CT molecular complexity index is 468. The van der Waals surface area contributed by atoms with Crippen LogP contribution in [0.2, 0.25) is 0 Å². The monoisotopic (exact) mass is 291 g/mol. The van der Waals surface area contributed by atoms with Gasteiger partial charge in [0.05, 0.1) is 6.10 Å². The first-order valence-corrected chi connectivity index (χ1v) is 7.72. The lowest BCUT2D eigenvalue weighted by molar-refractivity contribution is -0.121. The van der Waals surface area contributed by atoms with Crippen molar-refractivity contribution in [2.45, 2.75) is 45.6 Å². The summed E-state index contributed by atoms with van der Waals surface area (Å²) in [5.74, 6) is 1.19. The van der Waals surface area contributed by atoms with Crippen LogP contribution >= 0.6 is 0 Å². The lowest BCUT2D eigenvalue weighted by Gasteiger charge is -2.27. The van der Waals surface area contributed by atoms with Crippen molar-refractivity contribution >= 4 is 11.6 Å². The first-order chi connectivity index (χ1) is 10.1. The maximum Gasteiger partial charge on any atom is 0.238 e. The Morgan fingerprint density at radius 1 is 1.43 bits per heavy atom. The van der Waals surface area contributed by atoms with Crippen molar-refractivity contribution in [2.75, 3.05) is 11.9 Å². The summed E-state index contributed by atoms with van der Waals surface area (Å²) >= 11 is 0. The zero-order valence-corrected chi connectivity index (χ0v) is 12.8. The van der Waals surface area contributed by atoms with Crippen molar-refractivity contribution in [3.8, 4) is 5.88 Å². The van der Waals surface area contributed by atoms with Crippen LogP contribution in [0.1, 0.15) is 39.5 Å². The summed E-state index contributed by atoms with van der Waals surface area (Å²) in [5, 5.41) is 2.96. The Kier molecular flexibility index (Phi) is 5.56. The minimum Gasteiger partial charge on any atom is -0.473 e. The summed E-state index contributed by atoms with van der Waals surface area (Å²) in [6.45, 7) is 4.60. The number of carbonyl (C=O) groups excluding carboxylic acids is 1. The molecule has 0 aliphatic heterocycles. The maximum atomic E-state index is 12.4. The highest BCUT2D eigenvalue weighted by molar-refractivity contribution is 5.93. The number of carbonyl (C=O) groups is 1. The number of nitrogens with zero attached hydrogens (tertiary/aromatic N) is 1. The molecule has 1 heterocycles. The number of nitrogens with one attached hydrogen (secondary N) is 1. The Hall–Kier alpha value is -1.62. The lowest BCUT2D eigenvalue weighted by Crippen LogP contribution is -2.29. The van der Waals surface area contributed by atoms with Crippen LogP contribution in [-0.2, 0) is 4.79 Å². The van der Waals surface area contributed by atoms with Crippen LogP contribution < -0.4 is 15.8 Å². The highest BCUT2D eigenvalue weighted by Gasteiger charge is 2.26. The van der Waals surface area contributed by atoms with Crippen LogP contribution in [0, 0.1) is 11.8 Å². The molecule has 1 aromatic rings. The summed E-state index contributed by atoms with van der Waals surface area (Å²) in [6, 6.07) is 3.63. The molecular weight excluding hydrogens is 266 g/mol. The summed E-state index contributed by atoms with van der Waals surface area (Å²) < 4.78 is 5.63. The van der Waals surface area contributed by atoms with Gasteiger partial charge in [0.15, 0.2) is 0 Å². The standard InChI is InChI=1S/C16H25N3O2/c1-11(2)21-16-14(4-3-9-18-16)19-15(20)13-7-5-12(10-17)6-8-13/h3-4,9,11-13H,5-8,10,17H2,1-2H3,(H,19,20). The van der Waals surface area contributed by atoms with Crippen molar-refractivity contribution in [3.63, 3.8) is 0 Å². The van der Waals surface area contributed by atoms with Gasteiger partial charge in [-0.25, -0.2) is 4.98 Å². The number of hydrogen-bond donors (Lipinski definition) is 2. The van der Waals surface area contributed by atoms with Gasteiger partial charge in [-0.15, -0.1) is 0 Å². The Morgan fingerprint density at radius 2 is 2.14 bits per heavy atom. The average Bonchev–Trinajstić information content (AvgIpc) is 2.49. The van der Waals surface area contributed by atoms with Crippen LogP contribution in [0.5, 0.6) is 5.88 Å². The number of anilines is 1. The molecule has 3 N–H and O–H groups in total. The SMILES string of the molecule is CC(C)Oc1ncccc1NC(=O)C1CCC(CN)CC1. The second-order valence-electron chi connectivity index (χ2n) is 5.97. The molecule has 0 saturated heterocycles. The summed E-state index contributed by atoms with van der Waals surface area (Å²) in [4.78, 5) is 16.6. The van der Waals surface area contributed by atoms with Crippen molar-refractivity contribution < 1.29 is 9.53 Å². The Balaban J connectivity index is 1.97. The molecule has 0 aromatic carbocycles. The third-order valence-electron chi connectivity index (χ3n) is 3.93. The van der Waals surface area contributed by atoms with Crippen LogP contribution in [-0.4, -0.2) is 23.5 Å². The molecule has 0 radical (unpaired) electrons. The smallest absolute Gasteiger partial charge is 0.238 e. The molecule has 5 nitrogen and oxygen atoms in total. The third kappa shape index (κ3) is 4.43. The van der Waals surface area contributed by atoms with E-state index in [0.29, 0.717) is 17.5 Å². The van der Waals surface area contributed by atoms with E-state index in [1.54, 1.807) is 12.3 Å². The van der Waals surface area contributed by atoms with Gasteiger partial charge in [-0.05, 0) is 64.1 Å². The summed E-state index contributed by atoms with van der Waals surface area (Å²) in [6.07, 6.45) is 5.59. The van der Waals surface area contributed by atoms with Gasteiger partial charge in [0.2, 0.25) is 11.8 Å². The summed E-state index contributed by atoms with van der Waals surface area (Å²) in [7, 11) is 0. The van der Waals surface area contributed by atoms with E-state index in [2.05, 4.69) is 10.3 Å². The molecule has 2 rings (SSSR count). The third-order valence-corrected chi connectivity index (χ3v) is 3.93. The zero-order valence-electron chi connectivity index (χ0n) is 12.8. The molecule has 0 bridgehead atoms. The van der Waals surface area contributed by atoms with Crippen LogP contribution in [0.15, 0.2) is 18.3 Å². The quantitative estimate of drug-likeness (QED) is 0.874. The van der Waals surface area contributed by atoms with E-state index in [1.165, 1.54) is 0 Å². The van der Waals surface area contributed by atoms with Crippen LogP contribution in [0.3, 0.4) is 0 Å². The van der Waals surface area contributed by atoms with Gasteiger partial charge in [0, 0.05) is 12.1 Å². The molecule has 1 aliphatic carbocycles. The van der Waals surface area contributed by atoms with E-state index < -0.39 is 0 Å². The van der Waals surface area contributed by atoms with Gasteiger partial charge >= 0.3 is 0 Å². The molecule has 1 saturated carbocycles. The van der Waals surface area contributed by atoms with Gasteiger partial charge in [-0.2, -0.15) is 0 Å². The molecule has 1 amide bonds. The van der Waals surface area contributed by atoms with Gasteiger partial charge in [-0.1, -0.05) is 0 Å². The van der Waals surface area contributed by atoms with Gasteiger partial charge in [-0.3, -0.25) is 4.79 Å². The number of ether oxygens (including phenoxy) is 1. The molecule has 21 heavy (non-hydrogen) atoms. The van der Waals surface area contributed by atoms with Gasteiger partial charge in [0.25, 0.3) is 0 Å². The Labute approximate surface area is 126 Å². The maximum absolute atomic E-state index is 12.4. The minimum atomic E-state index is 0.0237. The van der Waals surface area contributed by atoms with E-state index >= 15 is 0 Å². The number of hydrogen-bond acceptors (Lipinski definition) is 4. The topological polar surface area (TPSA) is 77.2 Å². The fourth-order valence-corrected chi connectivity index (χ4v) is 2.70. The van der Waals surface area contributed by atoms with Crippen LogP contribution in [0.25, 0.3) is 0 Å². The fraction of sp³-hybridized carbons (Fsp3) is 0.625. The van der Waals surface area contributed by atoms with Crippen molar-refractivity contribution in [1.29, 1.82) is 0 Å². The van der Waals surface area contributed by atoms with E-state index in [0.717, 1.165) is 32.2 Å². The van der Waals surface area contributed by atoms with E-state index in [-0.39, 0.29) is 17.9 Å². The van der Waals surface area contributed by atoms with Crippen molar-refractivity contribution in [2.24, 2.45) is 17.6 Å². The number of rotatable bonds is 5. The number of aromatic nitrogens is 1. The van der Waals surface area contributed by atoms with Crippen LogP contribution in [0.4, 0.5) is 5.69 Å². The molecule has 116 valence electrons. The summed E-state index contributed by atoms with van der Waals surface area (Å²) in [5.41, 5.74) is 6.34. The minimum absolute atomic E-state index is 0.0237. The molecule has 0 atom stereocenters. The predicted molar refractivity (Wildman–Crippen MR) is 83.1 cm³/mol. The second kappa shape index (κ2) is 7.41. The zero-order chi connectivity index (χ0) is 15.2. The number of amides is 1. The number of pyridine rings is 1. The predicted octanol–water partition coefficient (Wildman–Crippen LogP) is 2.57. The molecule has 1 aliphatic rings. The number of nitrogens with two attached hydrogens (primary N) is 1. The second-order valence-corrected chi connectivity index (χ2v) is 5.97. The largest absolute Gasteiger partial charge is 0.473 e. The van der Waals surface area contributed by atoms with E-state index in [9.17, 15) is 4.79 Å².